The largest absolute Gasteiger partial charge is 0.467 e. The number of carbonyl (C=O) groups excluding carboxylic acids is 1. The Morgan fingerprint density at radius 2 is 2.04 bits per heavy atom. The predicted molar refractivity (Wildman–Crippen MR) is 114 cm³/mol. The quantitative estimate of drug-likeness (QED) is 0.772. The molecular weight excluding hydrogens is 370 g/mol. The van der Waals surface area contributed by atoms with Gasteiger partial charge in [-0.15, -0.1) is 0 Å². The van der Waals surface area contributed by atoms with E-state index in [0.29, 0.717) is 11.7 Å². The van der Waals surface area contributed by atoms with Gasteiger partial charge in [-0.1, -0.05) is 35.9 Å². The number of rotatable bonds is 3. The van der Waals surface area contributed by atoms with E-state index in [1.54, 1.807) is 0 Å². The molecule has 0 aromatic heterocycles. The van der Waals surface area contributed by atoms with Crippen molar-refractivity contribution in [2.45, 2.75) is 39.5 Å². The molecule has 1 saturated heterocycles. The van der Waals surface area contributed by atoms with Crippen LogP contribution in [0, 0.1) is 19.8 Å². The minimum atomic E-state index is -0.862. The average molecular weight is 396 g/mol. The van der Waals surface area contributed by atoms with E-state index in [9.17, 15) is 4.79 Å². The topological polar surface area (TPSA) is 53.6 Å². The minimum Gasteiger partial charge on any atom is -0.467 e. The number of hydrogen-bond donors (Lipinski definition) is 2. The van der Waals surface area contributed by atoms with Gasteiger partial charge in [-0.2, -0.15) is 0 Å². The highest BCUT2D eigenvalue weighted by Crippen LogP contribution is 2.48. The van der Waals surface area contributed by atoms with Crippen LogP contribution < -0.4 is 15.4 Å². The summed E-state index contributed by atoms with van der Waals surface area (Å²) < 4.78 is 6.42. The summed E-state index contributed by atoms with van der Waals surface area (Å²) in [4.78, 5) is 15.5. The molecule has 0 radical (unpaired) electrons. The summed E-state index contributed by atoms with van der Waals surface area (Å²) in [6, 6.07) is 13.6. The van der Waals surface area contributed by atoms with Gasteiger partial charge in [0.1, 0.15) is 11.7 Å². The Morgan fingerprint density at radius 1 is 1.29 bits per heavy atom. The number of benzene rings is 2. The van der Waals surface area contributed by atoms with E-state index in [2.05, 4.69) is 16.7 Å². The number of anilines is 1. The van der Waals surface area contributed by atoms with E-state index < -0.39 is 11.6 Å². The molecule has 146 valence electrons. The highest BCUT2D eigenvalue weighted by molar-refractivity contribution is 7.80. The number of fused-ring (bicyclic) bond motifs is 4. The van der Waals surface area contributed by atoms with Gasteiger partial charge in [-0.25, -0.2) is 0 Å². The SMILES string of the molecule is CCN1C(=S)N[C@H]2c3ccccc3O[C@@]1(C)[C@H]2C(=O)Nc1ccc(C)cc1C. The number of carbonyl (C=O) groups is 1. The lowest BCUT2D eigenvalue weighted by Gasteiger charge is -2.55. The average Bonchev–Trinajstić information content (AvgIpc) is 2.63. The van der Waals surface area contributed by atoms with Crippen LogP contribution in [0.25, 0.3) is 0 Å². The van der Waals surface area contributed by atoms with Crippen LogP contribution in [0.1, 0.15) is 36.6 Å². The molecule has 1 fully saturated rings. The summed E-state index contributed by atoms with van der Waals surface area (Å²) in [5.41, 5.74) is 3.12. The highest BCUT2D eigenvalue weighted by Gasteiger charge is 2.58. The minimum absolute atomic E-state index is 0.0811. The van der Waals surface area contributed by atoms with E-state index in [1.807, 2.05) is 69.0 Å². The monoisotopic (exact) mass is 395 g/mol. The number of ether oxygens (including phenoxy) is 1. The Balaban J connectivity index is 1.76. The maximum Gasteiger partial charge on any atom is 0.236 e. The zero-order chi connectivity index (χ0) is 20.1. The molecule has 2 aromatic rings. The Bertz CT molecular complexity index is 961. The van der Waals surface area contributed by atoms with E-state index >= 15 is 0 Å². The van der Waals surface area contributed by atoms with E-state index in [4.69, 9.17) is 17.0 Å². The van der Waals surface area contributed by atoms with Crippen molar-refractivity contribution in [1.82, 2.24) is 10.2 Å². The maximum absolute atomic E-state index is 13.5. The molecular formula is C22H25N3O2S. The first-order chi connectivity index (χ1) is 13.3. The third-order valence-electron chi connectivity index (χ3n) is 5.78. The molecule has 6 heteroatoms. The van der Waals surface area contributed by atoms with Crippen molar-refractivity contribution in [1.29, 1.82) is 0 Å². The Hall–Kier alpha value is -2.60. The van der Waals surface area contributed by atoms with Crippen molar-refractivity contribution in [2.24, 2.45) is 5.92 Å². The zero-order valence-corrected chi connectivity index (χ0v) is 17.4. The number of hydrogen-bond acceptors (Lipinski definition) is 3. The van der Waals surface area contributed by atoms with Crippen LogP contribution >= 0.6 is 12.2 Å². The molecule has 0 saturated carbocycles. The van der Waals surface area contributed by atoms with Crippen LogP contribution in [-0.2, 0) is 4.79 Å². The van der Waals surface area contributed by atoms with Crippen molar-refractivity contribution in [3.8, 4) is 5.75 Å². The molecule has 2 N–H and O–H groups in total. The van der Waals surface area contributed by atoms with E-state index in [-0.39, 0.29) is 11.9 Å². The summed E-state index contributed by atoms with van der Waals surface area (Å²) in [7, 11) is 0. The second kappa shape index (κ2) is 6.78. The van der Waals surface area contributed by atoms with Gasteiger partial charge in [0.25, 0.3) is 0 Å². The van der Waals surface area contributed by atoms with E-state index in [1.165, 1.54) is 5.56 Å². The third kappa shape index (κ3) is 2.83. The zero-order valence-electron chi connectivity index (χ0n) is 16.6. The van der Waals surface area contributed by atoms with Crippen LogP contribution in [-0.4, -0.2) is 28.2 Å². The van der Waals surface area contributed by atoms with Crippen LogP contribution in [0.15, 0.2) is 42.5 Å². The molecule has 3 atom stereocenters. The van der Waals surface area contributed by atoms with Gasteiger partial charge in [-0.05, 0) is 57.6 Å². The maximum atomic E-state index is 13.5. The highest BCUT2D eigenvalue weighted by atomic mass is 32.1. The number of nitrogens with zero attached hydrogens (tertiary/aromatic N) is 1. The first-order valence-electron chi connectivity index (χ1n) is 9.59. The number of nitrogens with one attached hydrogen (secondary N) is 2. The fourth-order valence-electron chi connectivity index (χ4n) is 4.42. The standard InChI is InChI=1S/C22H25N3O2S/c1-5-25-21(28)24-19-15-8-6-7-9-17(15)27-22(25,4)18(19)20(26)23-16-11-10-13(2)12-14(16)3/h6-12,18-19H,5H2,1-4H3,(H,23,26)(H,24,28)/t18-,19+,22+/m1/s1. The summed E-state index contributed by atoms with van der Waals surface area (Å²) in [6.45, 7) is 8.66. The van der Waals surface area contributed by atoms with Gasteiger partial charge in [0.05, 0.1) is 6.04 Å². The molecule has 2 aliphatic rings. The van der Waals surface area contributed by atoms with Crippen molar-refractivity contribution >= 4 is 28.9 Å². The number of para-hydroxylation sites is 1. The Kier molecular flexibility index (Phi) is 4.54. The van der Waals surface area contributed by atoms with E-state index in [0.717, 1.165) is 22.6 Å². The second-order valence-electron chi connectivity index (χ2n) is 7.65. The lowest BCUT2D eigenvalue weighted by Crippen LogP contribution is -2.71. The molecule has 2 aliphatic heterocycles. The van der Waals surface area contributed by atoms with Gasteiger partial charge in [-0.3, -0.25) is 4.79 Å². The fourth-order valence-corrected chi connectivity index (χ4v) is 4.86. The molecule has 0 unspecified atom stereocenters. The first-order valence-corrected chi connectivity index (χ1v) is 10.00. The molecule has 0 spiro atoms. The lowest BCUT2D eigenvalue weighted by molar-refractivity contribution is -0.148. The van der Waals surface area contributed by atoms with Crippen molar-refractivity contribution in [3.63, 3.8) is 0 Å². The normalized spacial score (nSPS) is 25.4. The molecule has 5 nitrogen and oxygen atoms in total. The summed E-state index contributed by atoms with van der Waals surface area (Å²) in [5.74, 6) is 0.246. The molecule has 2 bridgehead atoms. The number of aryl methyl sites for hydroxylation is 2. The Labute approximate surface area is 171 Å². The van der Waals surface area contributed by atoms with Crippen molar-refractivity contribution < 1.29 is 9.53 Å². The van der Waals surface area contributed by atoms with Gasteiger partial charge in [0.2, 0.25) is 5.91 Å². The molecule has 1 amide bonds. The summed E-state index contributed by atoms with van der Waals surface area (Å²) >= 11 is 5.59. The van der Waals surface area contributed by atoms with Crippen LogP contribution in [0.4, 0.5) is 5.69 Å². The smallest absolute Gasteiger partial charge is 0.236 e. The molecule has 2 heterocycles. The fraction of sp³-hybridized carbons (Fsp3) is 0.364. The predicted octanol–water partition coefficient (Wildman–Crippen LogP) is 3.92. The van der Waals surface area contributed by atoms with Crippen molar-refractivity contribution in [2.75, 3.05) is 11.9 Å². The molecule has 4 rings (SSSR count). The van der Waals surface area contributed by atoms with Crippen LogP contribution in [0.2, 0.25) is 0 Å². The van der Waals surface area contributed by atoms with Gasteiger partial charge in [0, 0.05) is 17.8 Å². The lowest BCUT2D eigenvalue weighted by atomic mass is 9.79. The van der Waals surface area contributed by atoms with Gasteiger partial charge < -0.3 is 20.3 Å². The molecule has 2 aromatic carbocycles. The molecule has 28 heavy (non-hydrogen) atoms. The van der Waals surface area contributed by atoms with Crippen LogP contribution in [0.3, 0.4) is 0 Å². The number of thiocarbonyl (C=S) groups is 1. The second-order valence-corrected chi connectivity index (χ2v) is 8.04. The van der Waals surface area contributed by atoms with Crippen LogP contribution in [0.5, 0.6) is 5.75 Å². The summed E-state index contributed by atoms with van der Waals surface area (Å²) in [6.07, 6.45) is 0. The van der Waals surface area contributed by atoms with Crippen molar-refractivity contribution in [3.05, 3.63) is 59.2 Å². The Morgan fingerprint density at radius 3 is 2.75 bits per heavy atom. The van der Waals surface area contributed by atoms with Gasteiger partial charge in [0.15, 0.2) is 10.8 Å². The summed E-state index contributed by atoms with van der Waals surface area (Å²) in [5, 5.41) is 7.12. The third-order valence-corrected chi connectivity index (χ3v) is 6.12. The molecule has 0 aliphatic carbocycles. The van der Waals surface area contributed by atoms with Gasteiger partial charge >= 0.3 is 0 Å². The first kappa shape index (κ1) is 18.7. The number of amides is 1.